The van der Waals surface area contributed by atoms with E-state index in [0.717, 1.165) is 11.1 Å². The van der Waals surface area contributed by atoms with Crippen LogP contribution in [0.3, 0.4) is 0 Å². The number of aromatic nitrogens is 3. The number of ether oxygens (including phenoxy) is 1. The SMILES string of the molecule is CC(C)(C)n1ncc(SCc2ccc(OCc3ccc(F)cc3)nc2)c(Cl)c1=O. The summed E-state index contributed by atoms with van der Waals surface area (Å²) >= 11 is 7.68. The molecule has 152 valence electrons. The molecule has 0 saturated heterocycles. The van der Waals surface area contributed by atoms with E-state index in [1.54, 1.807) is 30.6 Å². The minimum absolute atomic E-state index is 0.173. The third kappa shape index (κ3) is 5.58. The first kappa shape index (κ1) is 21.3. The van der Waals surface area contributed by atoms with Crippen LogP contribution in [0.4, 0.5) is 4.39 Å². The molecule has 0 bridgehead atoms. The molecule has 2 aromatic heterocycles. The first-order valence-corrected chi connectivity index (χ1v) is 10.3. The Morgan fingerprint density at radius 1 is 1.10 bits per heavy atom. The van der Waals surface area contributed by atoms with Gasteiger partial charge in [0.2, 0.25) is 5.88 Å². The molecule has 1 aromatic carbocycles. The van der Waals surface area contributed by atoms with Gasteiger partial charge in [-0.3, -0.25) is 4.79 Å². The number of benzene rings is 1. The second kappa shape index (κ2) is 8.97. The molecule has 0 amide bonds. The Morgan fingerprint density at radius 3 is 2.41 bits per heavy atom. The molecule has 0 saturated carbocycles. The number of hydrogen-bond acceptors (Lipinski definition) is 5. The van der Waals surface area contributed by atoms with E-state index in [2.05, 4.69) is 10.1 Å². The molecule has 0 aliphatic heterocycles. The zero-order chi connectivity index (χ0) is 21.0. The van der Waals surface area contributed by atoms with Crippen LogP contribution in [0.15, 0.2) is 58.5 Å². The van der Waals surface area contributed by atoms with Crippen LogP contribution in [0, 0.1) is 5.82 Å². The Bertz CT molecular complexity index is 1030. The lowest BCUT2D eigenvalue weighted by Crippen LogP contribution is -2.36. The molecule has 0 fully saturated rings. The molecular formula is C21H21ClFN3O2S. The molecule has 0 N–H and O–H groups in total. The van der Waals surface area contributed by atoms with E-state index in [-0.39, 0.29) is 16.4 Å². The zero-order valence-electron chi connectivity index (χ0n) is 16.4. The summed E-state index contributed by atoms with van der Waals surface area (Å²) < 4.78 is 19.9. The van der Waals surface area contributed by atoms with Crippen LogP contribution in [0.2, 0.25) is 5.02 Å². The molecule has 0 aliphatic carbocycles. The van der Waals surface area contributed by atoms with Crippen molar-refractivity contribution in [1.29, 1.82) is 0 Å². The van der Waals surface area contributed by atoms with Gasteiger partial charge in [0.05, 0.1) is 16.6 Å². The highest BCUT2D eigenvalue weighted by Gasteiger charge is 2.19. The summed E-state index contributed by atoms with van der Waals surface area (Å²) in [5.41, 5.74) is 1.09. The smallest absolute Gasteiger partial charge is 0.287 e. The maximum absolute atomic E-state index is 12.9. The highest BCUT2D eigenvalue weighted by atomic mass is 35.5. The minimum Gasteiger partial charge on any atom is -0.473 e. The first-order valence-electron chi connectivity index (χ1n) is 8.97. The van der Waals surface area contributed by atoms with Gasteiger partial charge in [0.25, 0.3) is 5.56 Å². The molecule has 0 spiro atoms. The Kier molecular flexibility index (Phi) is 6.59. The molecule has 0 aliphatic rings. The lowest BCUT2D eigenvalue weighted by atomic mass is 10.1. The number of halogens is 2. The van der Waals surface area contributed by atoms with Crippen LogP contribution >= 0.6 is 23.4 Å². The van der Waals surface area contributed by atoms with E-state index in [1.165, 1.54) is 28.6 Å². The summed E-state index contributed by atoms with van der Waals surface area (Å²) in [5.74, 6) is 0.793. The van der Waals surface area contributed by atoms with E-state index in [9.17, 15) is 9.18 Å². The third-order valence-electron chi connectivity index (χ3n) is 4.01. The Balaban J connectivity index is 1.60. The lowest BCUT2D eigenvalue weighted by Gasteiger charge is -2.21. The van der Waals surface area contributed by atoms with Crippen molar-refractivity contribution >= 4 is 23.4 Å². The van der Waals surface area contributed by atoms with Gasteiger partial charge in [0, 0.05) is 18.0 Å². The maximum Gasteiger partial charge on any atom is 0.287 e. The van der Waals surface area contributed by atoms with Gasteiger partial charge in [-0.15, -0.1) is 11.8 Å². The van der Waals surface area contributed by atoms with Crippen molar-refractivity contribution in [3.8, 4) is 5.88 Å². The molecule has 8 heteroatoms. The second-order valence-electron chi connectivity index (χ2n) is 7.42. The summed E-state index contributed by atoms with van der Waals surface area (Å²) in [6.07, 6.45) is 3.33. The predicted octanol–water partition coefficient (Wildman–Crippen LogP) is 5.06. The van der Waals surface area contributed by atoms with Gasteiger partial charge in [-0.05, 0) is 44.0 Å². The first-order chi connectivity index (χ1) is 13.7. The van der Waals surface area contributed by atoms with Crippen molar-refractivity contribution in [3.05, 3.63) is 81.1 Å². The van der Waals surface area contributed by atoms with Crippen molar-refractivity contribution < 1.29 is 9.13 Å². The molecule has 29 heavy (non-hydrogen) atoms. The number of pyridine rings is 1. The van der Waals surface area contributed by atoms with E-state index in [1.807, 2.05) is 26.8 Å². The second-order valence-corrected chi connectivity index (χ2v) is 8.81. The van der Waals surface area contributed by atoms with Gasteiger partial charge >= 0.3 is 0 Å². The largest absolute Gasteiger partial charge is 0.473 e. The fraction of sp³-hybridized carbons (Fsp3) is 0.286. The number of thioether (sulfide) groups is 1. The highest BCUT2D eigenvalue weighted by molar-refractivity contribution is 7.98. The van der Waals surface area contributed by atoms with E-state index in [4.69, 9.17) is 16.3 Å². The van der Waals surface area contributed by atoms with Crippen molar-refractivity contribution in [3.63, 3.8) is 0 Å². The van der Waals surface area contributed by atoms with Gasteiger partial charge in [-0.25, -0.2) is 14.1 Å². The average molecular weight is 434 g/mol. The standard InChI is InChI=1S/C21H21ClFN3O2S/c1-21(2,3)26-20(27)19(22)17(11-25-26)29-13-15-6-9-18(24-10-15)28-12-14-4-7-16(23)8-5-14/h4-11H,12-13H2,1-3H3. The Morgan fingerprint density at radius 2 is 1.79 bits per heavy atom. The van der Waals surface area contributed by atoms with Crippen LogP contribution in [-0.4, -0.2) is 14.8 Å². The summed E-state index contributed by atoms with van der Waals surface area (Å²) in [6.45, 7) is 6.01. The van der Waals surface area contributed by atoms with Crippen LogP contribution < -0.4 is 10.3 Å². The topological polar surface area (TPSA) is 57.0 Å². The molecule has 0 unspecified atom stereocenters. The maximum atomic E-state index is 12.9. The van der Waals surface area contributed by atoms with Gasteiger partial charge in [0.15, 0.2) is 0 Å². The number of hydrogen-bond donors (Lipinski definition) is 0. The monoisotopic (exact) mass is 433 g/mol. The molecule has 5 nitrogen and oxygen atoms in total. The number of nitrogens with zero attached hydrogens (tertiary/aromatic N) is 3. The van der Waals surface area contributed by atoms with Crippen LogP contribution in [0.5, 0.6) is 5.88 Å². The van der Waals surface area contributed by atoms with Crippen LogP contribution in [-0.2, 0) is 17.9 Å². The number of rotatable bonds is 6. The molecule has 2 heterocycles. The average Bonchev–Trinajstić information content (AvgIpc) is 2.68. The Labute approximate surface area is 177 Å². The minimum atomic E-state index is -0.433. The fourth-order valence-corrected chi connectivity index (χ4v) is 3.60. The highest BCUT2D eigenvalue weighted by Crippen LogP contribution is 2.27. The summed E-state index contributed by atoms with van der Waals surface area (Å²) in [6, 6.07) is 9.81. The molecule has 0 radical (unpaired) electrons. The Hall–Kier alpha value is -2.38. The fourth-order valence-electron chi connectivity index (χ4n) is 2.48. The normalized spacial score (nSPS) is 11.5. The summed E-state index contributed by atoms with van der Waals surface area (Å²) in [4.78, 5) is 17.3. The van der Waals surface area contributed by atoms with Gasteiger partial charge in [0.1, 0.15) is 17.4 Å². The molecule has 3 rings (SSSR count). The summed E-state index contributed by atoms with van der Waals surface area (Å²) in [5, 5.41) is 4.41. The van der Waals surface area contributed by atoms with Crippen molar-refractivity contribution in [2.45, 2.75) is 43.6 Å². The van der Waals surface area contributed by atoms with Crippen molar-refractivity contribution in [2.75, 3.05) is 0 Å². The third-order valence-corrected chi connectivity index (χ3v) is 5.59. The van der Waals surface area contributed by atoms with Crippen LogP contribution in [0.25, 0.3) is 0 Å². The van der Waals surface area contributed by atoms with Crippen molar-refractivity contribution in [2.24, 2.45) is 0 Å². The molecule has 3 aromatic rings. The van der Waals surface area contributed by atoms with Gasteiger partial charge in [-0.1, -0.05) is 29.8 Å². The van der Waals surface area contributed by atoms with E-state index < -0.39 is 5.54 Å². The van der Waals surface area contributed by atoms with Crippen molar-refractivity contribution in [1.82, 2.24) is 14.8 Å². The summed E-state index contributed by atoms with van der Waals surface area (Å²) in [7, 11) is 0. The quantitative estimate of drug-likeness (QED) is 0.509. The van der Waals surface area contributed by atoms with Gasteiger partial charge < -0.3 is 4.74 Å². The zero-order valence-corrected chi connectivity index (χ0v) is 17.9. The van der Waals surface area contributed by atoms with E-state index >= 15 is 0 Å². The molecular weight excluding hydrogens is 413 g/mol. The lowest BCUT2D eigenvalue weighted by molar-refractivity contribution is 0.293. The van der Waals surface area contributed by atoms with E-state index in [0.29, 0.717) is 23.1 Å². The van der Waals surface area contributed by atoms with Crippen LogP contribution in [0.1, 0.15) is 31.9 Å². The van der Waals surface area contributed by atoms with Gasteiger partial charge in [-0.2, -0.15) is 5.10 Å². The molecule has 0 atom stereocenters. The predicted molar refractivity (Wildman–Crippen MR) is 113 cm³/mol.